The first-order valence-electron chi connectivity index (χ1n) is 10.2. The molecule has 0 bridgehead atoms. The predicted octanol–water partition coefficient (Wildman–Crippen LogP) is 2.97. The molecule has 2 heterocycles. The molecule has 0 saturated carbocycles. The standard InChI is InChI=1S/C22H32N4O2/c1-16(2)13-20(25-9-11-28-12-10-25)14-23-22(27)21-15-24-26(18(21)4)19-7-5-17(3)6-8-19/h5-8,15-16,20H,9-14H2,1-4H3,(H,23,27). The van der Waals surface area contributed by atoms with Gasteiger partial charge in [0.25, 0.3) is 5.91 Å². The van der Waals surface area contributed by atoms with E-state index in [9.17, 15) is 4.79 Å². The number of carbonyl (C=O) groups is 1. The molecule has 28 heavy (non-hydrogen) atoms. The van der Waals surface area contributed by atoms with Gasteiger partial charge in [0.1, 0.15) is 0 Å². The third kappa shape index (κ3) is 5.00. The predicted molar refractivity (Wildman–Crippen MR) is 111 cm³/mol. The summed E-state index contributed by atoms with van der Waals surface area (Å²) in [5.41, 5.74) is 3.65. The molecule has 1 aliphatic heterocycles. The molecular formula is C22H32N4O2. The minimum Gasteiger partial charge on any atom is -0.379 e. The maximum Gasteiger partial charge on any atom is 0.254 e. The zero-order valence-corrected chi connectivity index (χ0v) is 17.4. The second-order valence-electron chi connectivity index (χ2n) is 8.03. The molecule has 1 aromatic carbocycles. The second kappa shape index (κ2) is 9.34. The van der Waals surface area contributed by atoms with Crippen LogP contribution in [0.3, 0.4) is 0 Å². The zero-order valence-electron chi connectivity index (χ0n) is 17.4. The number of morpholine rings is 1. The van der Waals surface area contributed by atoms with Crippen molar-refractivity contribution in [1.29, 1.82) is 0 Å². The number of nitrogens with zero attached hydrogens (tertiary/aromatic N) is 3. The first kappa shape index (κ1) is 20.6. The van der Waals surface area contributed by atoms with Gasteiger partial charge in [0, 0.05) is 25.7 Å². The van der Waals surface area contributed by atoms with E-state index in [1.54, 1.807) is 6.20 Å². The maximum atomic E-state index is 12.8. The minimum absolute atomic E-state index is 0.0575. The van der Waals surface area contributed by atoms with Crippen LogP contribution in [0.1, 0.15) is 41.9 Å². The molecule has 0 radical (unpaired) electrons. The minimum atomic E-state index is -0.0575. The summed E-state index contributed by atoms with van der Waals surface area (Å²) < 4.78 is 7.30. The molecule has 1 amide bonds. The number of rotatable bonds is 7. The maximum absolute atomic E-state index is 12.8. The van der Waals surface area contributed by atoms with Gasteiger partial charge in [-0.05, 0) is 38.3 Å². The number of ether oxygens (including phenoxy) is 1. The Morgan fingerprint density at radius 3 is 2.50 bits per heavy atom. The molecule has 2 aromatic rings. The van der Waals surface area contributed by atoms with Gasteiger partial charge in [0.05, 0.1) is 36.4 Å². The summed E-state index contributed by atoms with van der Waals surface area (Å²) >= 11 is 0. The Kier molecular flexibility index (Phi) is 6.86. The lowest BCUT2D eigenvalue weighted by Crippen LogP contribution is -2.49. The summed E-state index contributed by atoms with van der Waals surface area (Å²) in [6.07, 6.45) is 2.72. The van der Waals surface area contributed by atoms with Crippen LogP contribution in [0, 0.1) is 19.8 Å². The summed E-state index contributed by atoms with van der Waals surface area (Å²) in [5.74, 6) is 0.522. The molecule has 0 aliphatic carbocycles. The van der Waals surface area contributed by atoms with E-state index in [0.717, 1.165) is 44.1 Å². The number of hydrogen-bond acceptors (Lipinski definition) is 4. The highest BCUT2D eigenvalue weighted by atomic mass is 16.5. The molecule has 1 atom stereocenters. The van der Waals surface area contributed by atoms with Crippen LogP contribution in [0.2, 0.25) is 0 Å². The van der Waals surface area contributed by atoms with E-state index in [-0.39, 0.29) is 5.91 Å². The average Bonchev–Trinajstić information content (AvgIpc) is 3.07. The molecule has 6 nitrogen and oxygen atoms in total. The SMILES string of the molecule is Cc1ccc(-n2ncc(C(=O)NCC(CC(C)C)N3CCOCC3)c2C)cc1. The molecule has 1 N–H and O–H groups in total. The zero-order chi connectivity index (χ0) is 20.1. The summed E-state index contributed by atoms with van der Waals surface area (Å²) in [7, 11) is 0. The molecule has 0 spiro atoms. The lowest BCUT2D eigenvalue weighted by atomic mass is 10.0. The lowest BCUT2D eigenvalue weighted by Gasteiger charge is -2.35. The van der Waals surface area contributed by atoms with Crippen molar-refractivity contribution < 1.29 is 9.53 Å². The fourth-order valence-electron chi connectivity index (χ4n) is 3.73. The third-order valence-corrected chi connectivity index (χ3v) is 5.34. The van der Waals surface area contributed by atoms with E-state index in [1.165, 1.54) is 5.56 Å². The Balaban J connectivity index is 1.67. The Morgan fingerprint density at radius 2 is 1.86 bits per heavy atom. The van der Waals surface area contributed by atoms with E-state index in [2.05, 4.69) is 48.2 Å². The van der Waals surface area contributed by atoms with Gasteiger partial charge in [-0.1, -0.05) is 31.5 Å². The van der Waals surface area contributed by atoms with Gasteiger partial charge >= 0.3 is 0 Å². The van der Waals surface area contributed by atoms with E-state index in [0.29, 0.717) is 24.1 Å². The highest BCUT2D eigenvalue weighted by molar-refractivity contribution is 5.95. The normalized spacial score (nSPS) is 16.3. The van der Waals surface area contributed by atoms with Crippen LogP contribution in [0.15, 0.2) is 30.5 Å². The van der Waals surface area contributed by atoms with Crippen LogP contribution in [-0.4, -0.2) is 59.5 Å². The average molecular weight is 385 g/mol. The Labute approximate surface area is 167 Å². The van der Waals surface area contributed by atoms with Crippen molar-refractivity contribution in [2.75, 3.05) is 32.8 Å². The smallest absolute Gasteiger partial charge is 0.254 e. The van der Waals surface area contributed by atoms with Gasteiger partial charge in [0.2, 0.25) is 0 Å². The van der Waals surface area contributed by atoms with Gasteiger partial charge in [-0.15, -0.1) is 0 Å². The number of amides is 1. The molecule has 1 saturated heterocycles. The van der Waals surface area contributed by atoms with Crippen LogP contribution in [0.4, 0.5) is 0 Å². The largest absolute Gasteiger partial charge is 0.379 e. The van der Waals surface area contributed by atoms with Crippen molar-refractivity contribution in [3.8, 4) is 5.69 Å². The van der Waals surface area contributed by atoms with Gasteiger partial charge in [-0.2, -0.15) is 5.10 Å². The first-order valence-corrected chi connectivity index (χ1v) is 10.2. The van der Waals surface area contributed by atoms with E-state index < -0.39 is 0 Å². The van der Waals surface area contributed by atoms with Gasteiger partial charge in [-0.3, -0.25) is 9.69 Å². The van der Waals surface area contributed by atoms with Crippen LogP contribution < -0.4 is 5.32 Å². The number of hydrogen-bond donors (Lipinski definition) is 1. The Morgan fingerprint density at radius 1 is 1.18 bits per heavy atom. The van der Waals surface area contributed by atoms with Crippen molar-refractivity contribution in [1.82, 2.24) is 20.0 Å². The monoisotopic (exact) mass is 384 g/mol. The highest BCUT2D eigenvalue weighted by Crippen LogP contribution is 2.16. The summed E-state index contributed by atoms with van der Waals surface area (Å²) in [4.78, 5) is 15.3. The molecule has 3 rings (SSSR count). The van der Waals surface area contributed by atoms with Gasteiger partial charge in [0.15, 0.2) is 0 Å². The van der Waals surface area contributed by atoms with Crippen molar-refractivity contribution in [2.24, 2.45) is 5.92 Å². The fourth-order valence-corrected chi connectivity index (χ4v) is 3.73. The Hall–Kier alpha value is -2.18. The number of carbonyl (C=O) groups excluding carboxylic acids is 1. The van der Waals surface area contributed by atoms with Crippen LogP contribution in [0.5, 0.6) is 0 Å². The summed E-state index contributed by atoms with van der Waals surface area (Å²) in [6, 6.07) is 8.48. The van der Waals surface area contributed by atoms with Crippen LogP contribution in [-0.2, 0) is 4.74 Å². The molecule has 152 valence electrons. The van der Waals surface area contributed by atoms with Crippen LogP contribution in [0.25, 0.3) is 5.69 Å². The second-order valence-corrected chi connectivity index (χ2v) is 8.03. The van der Waals surface area contributed by atoms with Gasteiger partial charge in [-0.25, -0.2) is 4.68 Å². The molecule has 1 fully saturated rings. The number of benzene rings is 1. The lowest BCUT2D eigenvalue weighted by molar-refractivity contribution is 0.0124. The van der Waals surface area contributed by atoms with Crippen molar-refractivity contribution in [2.45, 2.75) is 40.2 Å². The molecular weight excluding hydrogens is 352 g/mol. The van der Waals surface area contributed by atoms with E-state index in [4.69, 9.17) is 4.74 Å². The topological polar surface area (TPSA) is 59.4 Å². The quantitative estimate of drug-likeness (QED) is 0.797. The van der Waals surface area contributed by atoms with Crippen molar-refractivity contribution >= 4 is 5.91 Å². The third-order valence-electron chi connectivity index (χ3n) is 5.34. The van der Waals surface area contributed by atoms with E-state index >= 15 is 0 Å². The number of aromatic nitrogens is 2. The number of nitrogens with one attached hydrogen (secondary N) is 1. The fraction of sp³-hybridized carbons (Fsp3) is 0.545. The first-order chi connectivity index (χ1) is 13.5. The molecule has 1 aliphatic rings. The van der Waals surface area contributed by atoms with Crippen molar-refractivity contribution in [3.63, 3.8) is 0 Å². The van der Waals surface area contributed by atoms with Crippen LogP contribution >= 0.6 is 0 Å². The highest BCUT2D eigenvalue weighted by Gasteiger charge is 2.23. The summed E-state index contributed by atoms with van der Waals surface area (Å²) in [5, 5.41) is 7.57. The van der Waals surface area contributed by atoms with E-state index in [1.807, 2.05) is 23.7 Å². The molecule has 1 aromatic heterocycles. The van der Waals surface area contributed by atoms with Gasteiger partial charge < -0.3 is 10.1 Å². The summed E-state index contributed by atoms with van der Waals surface area (Å²) in [6.45, 7) is 12.5. The van der Waals surface area contributed by atoms with Crippen molar-refractivity contribution in [3.05, 3.63) is 47.3 Å². The number of aryl methyl sites for hydroxylation is 1. The molecule has 1 unspecified atom stereocenters. The molecule has 6 heteroatoms. The Bertz CT molecular complexity index is 776.